The van der Waals surface area contributed by atoms with Crippen molar-refractivity contribution >= 4 is 15.9 Å². The van der Waals surface area contributed by atoms with Crippen molar-refractivity contribution in [2.24, 2.45) is 0 Å². The Kier molecular flexibility index (Phi) is 7.34. The van der Waals surface area contributed by atoms with Gasteiger partial charge in [0.05, 0.1) is 6.61 Å². The number of para-hydroxylation sites is 1. The molecule has 0 N–H and O–H groups in total. The lowest BCUT2D eigenvalue weighted by Gasteiger charge is -2.15. The number of ether oxygens (including phenoxy) is 1. The summed E-state index contributed by atoms with van der Waals surface area (Å²) in [5, 5.41) is 1.09. The topological polar surface area (TPSA) is 9.23 Å². The Morgan fingerprint density at radius 2 is 1.94 bits per heavy atom. The second kappa shape index (κ2) is 8.57. The molecule has 0 amide bonds. The van der Waals surface area contributed by atoms with E-state index < -0.39 is 0 Å². The monoisotopic (exact) mass is 298 g/mol. The maximum Gasteiger partial charge on any atom is 0.122 e. The number of hydrogen-bond acceptors (Lipinski definition) is 1. The van der Waals surface area contributed by atoms with E-state index in [4.69, 9.17) is 4.74 Å². The average molecular weight is 299 g/mol. The first-order chi connectivity index (χ1) is 8.29. The van der Waals surface area contributed by atoms with Gasteiger partial charge >= 0.3 is 0 Å². The zero-order chi connectivity index (χ0) is 12.5. The molecule has 0 aliphatic heterocycles. The van der Waals surface area contributed by atoms with Crippen molar-refractivity contribution < 1.29 is 4.74 Å². The molecule has 0 saturated heterocycles. The van der Waals surface area contributed by atoms with E-state index in [1.54, 1.807) is 0 Å². The summed E-state index contributed by atoms with van der Waals surface area (Å²) in [7, 11) is 0. The standard InChI is InChI=1S/C15H23BrO/c1-3-13(2)14-9-5-6-10-15(14)17-12-8-4-7-11-16/h5-6,9-10,13H,3-4,7-8,11-12H2,1-2H3. The molecule has 0 heterocycles. The third-order valence-corrected chi connectivity index (χ3v) is 3.66. The lowest BCUT2D eigenvalue weighted by Crippen LogP contribution is -2.02. The molecule has 17 heavy (non-hydrogen) atoms. The fourth-order valence-electron chi connectivity index (χ4n) is 1.79. The van der Waals surface area contributed by atoms with Crippen LogP contribution in [0.2, 0.25) is 0 Å². The fraction of sp³-hybridized carbons (Fsp3) is 0.600. The van der Waals surface area contributed by atoms with E-state index >= 15 is 0 Å². The zero-order valence-electron chi connectivity index (χ0n) is 10.9. The van der Waals surface area contributed by atoms with E-state index in [1.165, 1.54) is 18.4 Å². The van der Waals surface area contributed by atoms with Crippen molar-refractivity contribution in [3.8, 4) is 5.75 Å². The summed E-state index contributed by atoms with van der Waals surface area (Å²) in [6.07, 6.45) is 4.76. The molecule has 2 heteroatoms. The first-order valence-electron chi connectivity index (χ1n) is 6.57. The van der Waals surface area contributed by atoms with Crippen LogP contribution in [0.25, 0.3) is 0 Å². The van der Waals surface area contributed by atoms with E-state index in [0.717, 1.165) is 30.5 Å². The van der Waals surface area contributed by atoms with Crippen molar-refractivity contribution in [2.75, 3.05) is 11.9 Å². The van der Waals surface area contributed by atoms with Crippen LogP contribution in [0, 0.1) is 0 Å². The first-order valence-corrected chi connectivity index (χ1v) is 7.69. The van der Waals surface area contributed by atoms with Gasteiger partial charge < -0.3 is 4.74 Å². The second-order valence-electron chi connectivity index (χ2n) is 4.45. The molecule has 0 fully saturated rings. The highest BCUT2D eigenvalue weighted by Crippen LogP contribution is 2.28. The lowest BCUT2D eigenvalue weighted by atomic mass is 9.98. The molecule has 0 spiro atoms. The van der Waals surface area contributed by atoms with E-state index in [1.807, 2.05) is 0 Å². The quantitative estimate of drug-likeness (QED) is 0.477. The molecule has 0 saturated carbocycles. The van der Waals surface area contributed by atoms with Gasteiger partial charge in [0, 0.05) is 5.33 Å². The molecule has 1 rings (SSSR count). The van der Waals surface area contributed by atoms with Crippen LogP contribution < -0.4 is 4.74 Å². The zero-order valence-corrected chi connectivity index (χ0v) is 12.5. The Bertz CT molecular complexity index is 312. The van der Waals surface area contributed by atoms with E-state index in [-0.39, 0.29) is 0 Å². The highest BCUT2D eigenvalue weighted by Gasteiger charge is 2.08. The number of benzene rings is 1. The minimum atomic E-state index is 0.578. The summed E-state index contributed by atoms with van der Waals surface area (Å²) in [5.74, 6) is 1.65. The molecular weight excluding hydrogens is 276 g/mol. The Morgan fingerprint density at radius 3 is 2.65 bits per heavy atom. The van der Waals surface area contributed by atoms with Gasteiger partial charge in [0.25, 0.3) is 0 Å². The van der Waals surface area contributed by atoms with Gasteiger partial charge in [-0.25, -0.2) is 0 Å². The van der Waals surface area contributed by atoms with Gasteiger partial charge in [-0.1, -0.05) is 48.0 Å². The smallest absolute Gasteiger partial charge is 0.122 e. The number of rotatable bonds is 8. The molecule has 1 unspecified atom stereocenters. The maximum atomic E-state index is 5.89. The summed E-state index contributed by atoms with van der Waals surface area (Å²) < 4.78 is 5.89. The summed E-state index contributed by atoms with van der Waals surface area (Å²) in [4.78, 5) is 0. The van der Waals surface area contributed by atoms with Gasteiger partial charge in [0.1, 0.15) is 5.75 Å². The van der Waals surface area contributed by atoms with Crippen LogP contribution in [-0.2, 0) is 0 Å². The van der Waals surface area contributed by atoms with Gasteiger partial charge in [-0.3, -0.25) is 0 Å². The number of alkyl halides is 1. The highest BCUT2D eigenvalue weighted by atomic mass is 79.9. The number of hydrogen-bond donors (Lipinski definition) is 0. The normalized spacial score (nSPS) is 12.4. The van der Waals surface area contributed by atoms with Gasteiger partial charge in [0.2, 0.25) is 0 Å². The van der Waals surface area contributed by atoms with Crippen molar-refractivity contribution in [2.45, 2.75) is 45.4 Å². The molecule has 0 radical (unpaired) electrons. The Morgan fingerprint density at radius 1 is 1.18 bits per heavy atom. The van der Waals surface area contributed by atoms with Gasteiger partial charge in [-0.15, -0.1) is 0 Å². The molecule has 96 valence electrons. The van der Waals surface area contributed by atoms with Gasteiger partial charge in [0.15, 0.2) is 0 Å². The second-order valence-corrected chi connectivity index (χ2v) is 5.24. The van der Waals surface area contributed by atoms with Crippen LogP contribution >= 0.6 is 15.9 Å². The predicted molar refractivity (Wildman–Crippen MR) is 78.3 cm³/mol. The summed E-state index contributed by atoms with van der Waals surface area (Å²) in [5.41, 5.74) is 1.34. The van der Waals surface area contributed by atoms with E-state index in [0.29, 0.717) is 5.92 Å². The lowest BCUT2D eigenvalue weighted by molar-refractivity contribution is 0.302. The van der Waals surface area contributed by atoms with E-state index in [2.05, 4.69) is 54.0 Å². The van der Waals surface area contributed by atoms with Crippen LogP contribution in [0.5, 0.6) is 5.75 Å². The minimum absolute atomic E-state index is 0.578. The molecule has 1 atom stereocenters. The van der Waals surface area contributed by atoms with Crippen LogP contribution in [0.15, 0.2) is 24.3 Å². The molecular formula is C15H23BrO. The average Bonchev–Trinajstić information content (AvgIpc) is 2.38. The van der Waals surface area contributed by atoms with Crippen LogP contribution in [0.4, 0.5) is 0 Å². The Labute approximate surface area is 114 Å². The molecule has 1 nitrogen and oxygen atoms in total. The maximum absolute atomic E-state index is 5.89. The first kappa shape index (κ1) is 14.6. The molecule has 0 aliphatic carbocycles. The Hall–Kier alpha value is -0.500. The molecule has 0 bridgehead atoms. The predicted octanol–water partition coefficient (Wildman–Crippen LogP) is 5.14. The molecule has 0 aromatic heterocycles. The number of halogens is 1. The van der Waals surface area contributed by atoms with Crippen LogP contribution in [-0.4, -0.2) is 11.9 Å². The summed E-state index contributed by atoms with van der Waals surface area (Å²) >= 11 is 3.45. The fourth-order valence-corrected chi connectivity index (χ4v) is 2.19. The number of unbranched alkanes of at least 4 members (excludes halogenated alkanes) is 2. The highest BCUT2D eigenvalue weighted by molar-refractivity contribution is 9.09. The van der Waals surface area contributed by atoms with Crippen LogP contribution in [0.3, 0.4) is 0 Å². The van der Waals surface area contributed by atoms with E-state index in [9.17, 15) is 0 Å². The third kappa shape index (κ3) is 5.12. The van der Waals surface area contributed by atoms with Crippen molar-refractivity contribution in [1.29, 1.82) is 0 Å². The molecule has 0 aliphatic rings. The molecule has 1 aromatic carbocycles. The Balaban J connectivity index is 2.46. The van der Waals surface area contributed by atoms with Gasteiger partial charge in [-0.2, -0.15) is 0 Å². The largest absolute Gasteiger partial charge is 0.493 e. The van der Waals surface area contributed by atoms with Crippen LogP contribution in [0.1, 0.15) is 51.0 Å². The van der Waals surface area contributed by atoms with Crippen molar-refractivity contribution in [1.82, 2.24) is 0 Å². The minimum Gasteiger partial charge on any atom is -0.493 e. The summed E-state index contributed by atoms with van der Waals surface area (Å²) in [6, 6.07) is 8.42. The third-order valence-electron chi connectivity index (χ3n) is 3.10. The summed E-state index contributed by atoms with van der Waals surface area (Å²) in [6.45, 7) is 5.31. The SMILES string of the molecule is CCC(C)c1ccccc1OCCCCCBr. The van der Waals surface area contributed by atoms with Crippen molar-refractivity contribution in [3.05, 3.63) is 29.8 Å². The van der Waals surface area contributed by atoms with Crippen molar-refractivity contribution in [3.63, 3.8) is 0 Å². The molecule has 1 aromatic rings. The van der Waals surface area contributed by atoms with Gasteiger partial charge in [-0.05, 0) is 43.2 Å².